The minimum atomic E-state index is -3.27. The van der Waals surface area contributed by atoms with Gasteiger partial charge in [-0.25, -0.2) is 17.8 Å². The second-order valence-corrected chi connectivity index (χ2v) is 8.23. The molecule has 6 nitrogen and oxygen atoms in total. The van der Waals surface area contributed by atoms with E-state index < -0.39 is 15.3 Å². The molecule has 1 fully saturated rings. The number of aromatic nitrogens is 2. The molecule has 1 aromatic heterocycles. The van der Waals surface area contributed by atoms with Gasteiger partial charge in [-0.05, 0) is 50.5 Å². The number of hydrogen-bond donors (Lipinski definition) is 1. The fourth-order valence-electron chi connectivity index (χ4n) is 2.91. The summed E-state index contributed by atoms with van der Waals surface area (Å²) in [5.41, 5.74) is 4.17. The first kappa shape index (κ1) is 17.1. The molecule has 1 N–H and O–H groups in total. The number of rotatable bonds is 6. The molecule has 3 rings (SSSR count). The van der Waals surface area contributed by atoms with Gasteiger partial charge in [0.25, 0.3) is 0 Å². The van der Waals surface area contributed by atoms with Gasteiger partial charge in [0, 0.05) is 18.8 Å². The maximum Gasteiger partial charge on any atom is 0.216 e. The van der Waals surface area contributed by atoms with Gasteiger partial charge in [-0.2, -0.15) is 5.10 Å². The summed E-state index contributed by atoms with van der Waals surface area (Å²) in [6.07, 6.45) is 1.23. The van der Waals surface area contributed by atoms with Crippen LogP contribution in [-0.4, -0.2) is 43.2 Å². The van der Waals surface area contributed by atoms with Crippen LogP contribution in [0.3, 0.4) is 0 Å². The molecular formula is C17H23N3O3S. The Labute approximate surface area is 142 Å². The quantitative estimate of drug-likeness (QED) is 0.862. The van der Waals surface area contributed by atoms with Crippen molar-refractivity contribution in [3.63, 3.8) is 0 Å². The Morgan fingerprint density at radius 3 is 2.62 bits per heavy atom. The van der Waals surface area contributed by atoms with E-state index >= 15 is 0 Å². The van der Waals surface area contributed by atoms with E-state index in [4.69, 9.17) is 4.74 Å². The van der Waals surface area contributed by atoms with Crippen LogP contribution in [0.5, 0.6) is 0 Å². The normalized spacial score (nSPS) is 18.2. The highest BCUT2D eigenvalue weighted by Gasteiger charge is 2.28. The van der Waals surface area contributed by atoms with Crippen molar-refractivity contribution in [1.82, 2.24) is 14.5 Å². The van der Waals surface area contributed by atoms with Crippen molar-refractivity contribution in [2.45, 2.75) is 31.9 Å². The molecule has 130 valence electrons. The van der Waals surface area contributed by atoms with E-state index in [1.54, 1.807) is 0 Å². The minimum Gasteiger partial charge on any atom is -0.380 e. The van der Waals surface area contributed by atoms with Crippen molar-refractivity contribution in [3.05, 3.63) is 47.3 Å². The highest BCUT2D eigenvalue weighted by Crippen LogP contribution is 2.14. The molecule has 7 heteroatoms. The van der Waals surface area contributed by atoms with E-state index in [2.05, 4.69) is 9.82 Å². The molecule has 1 aliphatic rings. The molecule has 0 unspecified atom stereocenters. The summed E-state index contributed by atoms with van der Waals surface area (Å²) in [5.74, 6) is 0. The molecule has 0 bridgehead atoms. The van der Waals surface area contributed by atoms with E-state index in [-0.39, 0.29) is 0 Å². The van der Waals surface area contributed by atoms with Gasteiger partial charge in [-0.1, -0.05) is 12.1 Å². The second-order valence-electron chi connectivity index (χ2n) is 6.18. The van der Waals surface area contributed by atoms with Crippen LogP contribution in [0.1, 0.15) is 23.4 Å². The summed E-state index contributed by atoms with van der Waals surface area (Å²) in [4.78, 5) is 0. The third kappa shape index (κ3) is 3.85. The Bertz CT molecular complexity index is 791. The van der Waals surface area contributed by atoms with Gasteiger partial charge in [0.05, 0.1) is 18.0 Å². The smallest absolute Gasteiger partial charge is 0.216 e. The van der Waals surface area contributed by atoms with Crippen molar-refractivity contribution < 1.29 is 13.2 Å². The standard InChI is InChI=1S/C17H23N3O3S/c1-13-11-14(2)20(19-13)16-5-3-15(4-6-16)7-9-18-24(21,22)17-8-10-23-12-17/h3-6,11,17-18H,7-10,12H2,1-2H3/t17-/m0/s1. The van der Waals surface area contributed by atoms with Crippen LogP contribution in [0.2, 0.25) is 0 Å². The first-order valence-corrected chi connectivity index (χ1v) is 9.69. The Morgan fingerprint density at radius 2 is 2.04 bits per heavy atom. The fourth-order valence-corrected chi connectivity index (χ4v) is 4.21. The van der Waals surface area contributed by atoms with Gasteiger partial charge in [0.2, 0.25) is 10.0 Å². The van der Waals surface area contributed by atoms with E-state index in [1.807, 2.05) is 48.9 Å². The molecule has 0 spiro atoms. The molecule has 1 atom stereocenters. The lowest BCUT2D eigenvalue weighted by Crippen LogP contribution is -2.35. The van der Waals surface area contributed by atoms with Gasteiger partial charge in [-0.15, -0.1) is 0 Å². The Kier molecular flexibility index (Phi) is 5.03. The third-order valence-electron chi connectivity index (χ3n) is 4.23. The lowest BCUT2D eigenvalue weighted by atomic mass is 10.1. The average molecular weight is 349 g/mol. The zero-order valence-corrected chi connectivity index (χ0v) is 14.8. The van der Waals surface area contributed by atoms with Gasteiger partial charge in [-0.3, -0.25) is 0 Å². The second kappa shape index (κ2) is 7.04. The summed E-state index contributed by atoms with van der Waals surface area (Å²) in [5, 5.41) is 4.05. The predicted octanol–water partition coefficient (Wildman–Crippen LogP) is 1.74. The monoisotopic (exact) mass is 349 g/mol. The molecule has 2 aromatic rings. The summed E-state index contributed by atoms with van der Waals surface area (Å²) in [7, 11) is -3.27. The molecule has 1 saturated heterocycles. The summed E-state index contributed by atoms with van der Waals surface area (Å²) in [6, 6.07) is 10.1. The third-order valence-corrected chi connectivity index (χ3v) is 6.09. The van der Waals surface area contributed by atoms with Crippen LogP contribution in [0.4, 0.5) is 0 Å². The summed E-state index contributed by atoms with van der Waals surface area (Å²) < 4.78 is 33.9. The maximum absolute atomic E-state index is 12.1. The number of sulfonamides is 1. The molecular weight excluding hydrogens is 326 g/mol. The van der Waals surface area contributed by atoms with E-state index in [9.17, 15) is 8.42 Å². The Balaban J connectivity index is 1.58. The highest BCUT2D eigenvalue weighted by atomic mass is 32.2. The first-order chi connectivity index (χ1) is 11.5. The molecule has 1 aliphatic heterocycles. The lowest BCUT2D eigenvalue weighted by Gasteiger charge is -2.11. The van der Waals surface area contributed by atoms with Gasteiger partial charge < -0.3 is 4.74 Å². The van der Waals surface area contributed by atoms with E-state index in [1.165, 1.54) is 0 Å². The number of aryl methyl sites for hydroxylation is 2. The van der Waals surface area contributed by atoms with Crippen LogP contribution in [-0.2, 0) is 21.2 Å². The molecule has 0 aliphatic carbocycles. The number of nitrogens with one attached hydrogen (secondary N) is 1. The van der Waals surface area contributed by atoms with E-state index in [0.717, 1.165) is 22.6 Å². The van der Waals surface area contributed by atoms with Crippen LogP contribution >= 0.6 is 0 Å². The SMILES string of the molecule is Cc1cc(C)n(-c2ccc(CCNS(=O)(=O)[C@H]3CCOC3)cc2)n1. The summed E-state index contributed by atoms with van der Waals surface area (Å²) >= 11 is 0. The molecule has 2 heterocycles. The number of benzene rings is 1. The minimum absolute atomic E-state index is 0.298. The zero-order valence-electron chi connectivity index (χ0n) is 14.0. The zero-order chi connectivity index (χ0) is 17.2. The molecule has 24 heavy (non-hydrogen) atoms. The van der Waals surface area contributed by atoms with Crippen molar-refractivity contribution in [3.8, 4) is 5.69 Å². The van der Waals surface area contributed by atoms with Crippen LogP contribution < -0.4 is 4.72 Å². The predicted molar refractivity (Wildman–Crippen MR) is 92.9 cm³/mol. The largest absolute Gasteiger partial charge is 0.380 e. The fraction of sp³-hybridized carbons (Fsp3) is 0.471. The Morgan fingerprint density at radius 1 is 1.29 bits per heavy atom. The first-order valence-electron chi connectivity index (χ1n) is 8.14. The topological polar surface area (TPSA) is 73.2 Å². The van der Waals surface area contributed by atoms with Gasteiger partial charge in [0.1, 0.15) is 5.25 Å². The van der Waals surface area contributed by atoms with Crippen LogP contribution in [0.25, 0.3) is 5.69 Å². The molecule has 0 saturated carbocycles. The van der Waals surface area contributed by atoms with Crippen molar-refractivity contribution in [1.29, 1.82) is 0 Å². The van der Waals surface area contributed by atoms with Crippen molar-refractivity contribution >= 4 is 10.0 Å². The summed E-state index contributed by atoms with van der Waals surface area (Å²) in [6.45, 7) is 5.22. The highest BCUT2D eigenvalue weighted by molar-refractivity contribution is 7.90. The van der Waals surface area contributed by atoms with Crippen LogP contribution in [0, 0.1) is 13.8 Å². The van der Waals surface area contributed by atoms with Gasteiger partial charge in [0.15, 0.2) is 0 Å². The van der Waals surface area contributed by atoms with E-state index in [0.29, 0.717) is 32.6 Å². The number of nitrogens with zero attached hydrogens (tertiary/aromatic N) is 2. The molecule has 0 radical (unpaired) electrons. The van der Waals surface area contributed by atoms with Crippen molar-refractivity contribution in [2.24, 2.45) is 0 Å². The molecule has 0 amide bonds. The van der Waals surface area contributed by atoms with Gasteiger partial charge >= 0.3 is 0 Å². The lowest BCUT2D eigenvalue weighted by molar-refractivity contribution is 0.198. The average Bonchev–Trinajstić information content (AvgIpc) is 3.18. The Hall–Kier alpha value is -1.70. The maximum atomic E-state index is 12.1. The number of hydrogen-bond acceptors (Lipinski definition) is 4. The van der Waals surface area contributed by atoms with Crippen molar-refractivity contribution in [2.75, 3.05) is 19.8 Å². The number of ether oxygens (including phenoxy) is 1. The molecule has 1 aromatic carbocycles. The van der Waals surface area contributed by atoms with Crippen LogP contribution in [0.15, 0.2) is 30.3 Å².